The van der Waals surface area contributed by atoms with Crippen LogP contribution in [-0.2, 0) is 4.87 Å². The molecule has 1 aliphatic heterocycles. The summed E-state index contributed by atoms with van der Waals surface area (Å²) in [6.45, 7) is 0. The summed E-state index contributed by atoms with van der Waals surface area (Å²) in [5.41, 5.74) is 0.884. The molecular formula is C9H10ClN3. The van der Waals surface area contributed by atoms with Gasteiger partial charge in [-0.05, 0) is 18.2 Å². The Balaban J connectivity index is 2.33. The first kappa shape index (κ1) is 8.38. The van der Waals surface area contributed by atoms with Crippen molar-refractivity contribution in [2.24, 2.45) is 0 Å². The number of aromatic nitrogens is 2. The molecule has 4 heteroatoms. The van der Waals surface area contributed by atoms with E-state index in [9.17, 15) is 0 Å². The molecule has 0 saturated carbocycles. The lowest BCUT2D eigenvalue weighted by molar-refractivity contribution is 0.596. The van der Waals surface area contributed by atoms with Crippen molar-refractivity contribution in [3.8, 4) is 0 Å². The Bertz CT molecular complexity index is 326. The first-order valence-corrected chi connectivity index (χ1v) is 4.38. The van der Waals surface area contributed by atoms with Crippen LogP contribution in [0, 0.1) is 0 Å². The average molecular weight is 196 g/mol. The van der Waals surface area contributed by atoms with E-state index in [0.29, 0.717) is 0 Å². The molecule has 1 aromatic rings. The summed E-state index contributed by atoms with van der Waals surface area (Å²) in [6, 6.07) is 1.87. The minimum atomic E-state index is -0.566. The lowest BCUT2D eigenvalue weighted by atomic mass is 10.0. The van der Waals surface area contributed by atoms with Crippen LogP contribution in [0.4, 0.5) is 0 Å². The molecule has 2 rings (SSSR count). The van der Waals surface area contributed by atoms with Gasteiger partial charge in [-0.25, -0.2) is 0 Å². The van der Waals surface area contributed by atoms with E-state index in [1.165, 1.54) is 0 Å². The van der Waals surface area contributed by atoms with Gasteiger partial charge in [0.2, 0.25) is 0 Å². The highest BCUT2D eigenvalue weighted by atomic mass is 35.5. The molecule has 0 amide bonds. The zero-order chi connectivity index (χ0) is 9.31. The number of hydrogen-bond acceptors (Lipinski definition) is 2. The van der Waals surface area contributed by atoms with Crippen LogP contribution in [0.2, 0.25) is 0 Å². The first-order valence-electron chi connectivity index (χ1n) is 4.00. The Morgan fingerprint density at radius 1 is 1.46 bits per heavy atom. The summed E-state index contributed by atoms with van der Waals surface area (Å²) in [6.07, 6.45) is 9.38. The molecule has 1 aliphatic rings. The third-order valence-corrected chi connectivity index (χ3v) is 2.47. The molecule has 0 atom stereocenters. The molecule has 0 aromatic carbocycles. The summed E-state index contributed by atoms with van der Waals surface area (Å²) >= 11 is 6.34. The van der Waals surface area contributed by atoms with Crippen LogP contribution in [-0.4, -0.2) is 22.1 Å². The molecule has 2 heterocycles. The Morgan fingerprint density at radius 2 is 2.15 bits per heavy atom. The van der Waals surface area contributed by atoms with Crippen molar-refractivity contribution < 1.29 is 0 Å². The average Bonchev–Trinajstić information content (AvgIpc) is 2.63. The molecule has 0 radical (unpaired) electrons. The molecule has 3 nitrogen and oxygen atoms in total. The molecule has 0 saturated heterocycles. The molecule has 0 fully saturated rings. The number of nitrogens with zero attached hydrogens (tertiary/aromatic N) is 2. The first-order chi connectivity index (χ1) is 6.21. The number of halogens is 1. The van der Waals surface area contributed by atoms with E-state index < -0.39 is 4.87 Å². The van der Waals surface area contributed by atoms with Gasteiger partial charge in [-0.3, -0.25) is 5.10 Å². The second kappa shape index (κ2) is 2.92. The van der Waals surface area contributed by atoms with Crippen LogP contribution in [0.3, 0.4) is 0 Å². The van der Waals surface area contributed by atoms with Crippen LogP contribution < -0.4 is 0 Å². The van der Waals surface area contributed by atoms with Crippen molar-refractivity contribution in [3.63, 3.8) is 0 Å². The van der Waals surface area contributed by atoms with Crippen molar-refractivity contribution in [2.45, 2.75) is 4.87 Å². The van der Waals surface area contributed by atoms with Crippen LogP contribution in [0.15, 0.2) is 36.8 Å². The molecule has 1 N–H and O–H groups in total. The third-order valence-electron chi connectivity index (χ3n) is 2.02. The van der Waals surface area contributed by atoms with Gasteiger partial charge in [0.25, 0.3) is 0 Å². The van der Waals surface area contributed by atoms with Crippen molar-refractivity contribution in [3.05, 3.63) is 42.5 Å². The molecule has 13 heavy (non-hydrogen) atoms. The standard InChI is InChI=1S/C9H10ClN3/c1-13-6-3-9(10,4-7-13)8-2-5-11-12-8/h2-7H,1H3,(H,11,12). The molecule has 0 spiro atoms. The number of hydrogen-bond donors (Lipinski definition) is 1. The van der Waals surface area contributed by atoms with Gasteiger partial charge >= 0.3 is 0 Å². The number of allylic oxidation sites excluding steroid dienone is 2. The number of aromatic amines is 1. The van der Waals surface area contributed by atoms with Gasteiger partial charge in [-0.1, -0.05) is 0 Å². The molecule has 0 bridgehead atoms. The maximum absolute atomic E-state index is 6.34. The molecule has 1 aromatic heterocycles. The predicted molar refractivity (Wildman–Crippen MR) is 52.2 cm³/mol. The number of nitrogens with one attached hydrogen (secondary N) is 1. The van der Waals surface area contributed by atoms with Crippen LogP contribution in [0.5, 0.6) is 0 Å². The van der Waals surface area contributed by atoms with E-state index in [-0.39, 0.29) is 0 Å². The van der Waals surface area contributed by atoms with Crippen LogP contribution >= 0.6 is 11.6 Å². The third kappa shape index (κ3) is 1.47. The lowest BCUT2D eigenvalue weighted by Crippen LogP contribution is -2.19. The molecule has 0 unspecified atom stereocenters. The smallest absolute Gasteiger partial charge is 0.125 e. The fourth-order valence-corrected chi connectivity index (χ4v) is 1.42. The van der Waals surface area contributed by atoms with Gasteiger partial charge in [0.15, 0.2) is 0 Å². The SMILES string of the molecule is CN1C=CC(Cl)(c2ccn[nH]2)C=C1. The zero-order valence-electron chi connectivity index (χ0n) is 7.24. The van der Waals surface area contributed by atoms with Crippen molar-refractivity contribution in [2.75, 3.05) is 7.05 Å². The maximum atomic E-state index is 6.34. The number of H-pyrrole nitrogens is 1. The fourth-order valence-electron chi connectivity index (χ4n) is 1.21. The van der Waals surface area contributed by atoms with Gasteiger partial charge in [0.1, 0.15) is 4.87 Å². The van der Waals surface area contributed by atoms with E-state index in [1.807, 2.05) is 42.6 Å². The van der Waals surface area contributed by atoms with Crippen LogP contribution in [0.1, 0.15) is 5.69 Å². The largest absolute Gasteiger partial charge is 0.358 e. The van der Waals surface area contributed by atoms with E-state index in [2.05, 4.69) is 10.2 Å². The lowest BCUT2D eigenvalue weighted by Gasteiger charge is -2.23. The molecule has 0 aliphatic carbocycles. The number of alkyl halides is 1. The van der Waals surface area contributed by atoms with E-state index in [4.69, 9.17) is 11.6 Å². The van der Waals surface area contributed by atoms with E-state index in [0.717, 1.165) is 5.69 Å². The van der Waals surface area contributed by atoms with Crippen molar-refractivity contribution in [1.29, 1.82) is 0 Å². The topological polar surface area (TPSA) is 31.9 Å². The van der Waals surface area contributed by atoms with Crippen molar-refractivity contribution >= 4 is 11.6 Å². The highest BCUT2D eigenvalue weighted by Crippen LogP contribution is 2.32. The minimum absolute atomic E-state index is 0.566. The second-order valence-corrected chi connectivity index (χ2v) is 3.66. The highest BCUT2D eigenvalue weighted by molar-refractivity contribution is 6.26. The van der Waals surface area contributed by atoms with Gasteiger partial charge in [-0.15, -0.1) is 11.6 Å². The summed E-state index contributed by atoms with van der Waals surface area (Å²) < 4.78 is 0. The van der Waals surface area contributed by atoms with Gasteiger partial charge in [-0.2, -0.15) is 5.10 Å². The summed E-state index contributed by atoms with van der Waals surface area (Å²) in [5, 5.41) is 6.73. The van der Waals surface area contributed by atoms with Gasteiger partial charge < -0.3 is 4.90 Å². The number of rotatable bonds is 1. The quantitative estimate of drug-likeness (QED) is 0.694. The predicted octanol–water partition coefficient (Wildman–Crippen LogP) is 1.82. The molecule has 68 valence electrons. The molecular weight excluding hydrogens is 186 g/mol. The van der Waals surface area contributed by atoms with E-state index in [1.54, 1.807) is 6.20 Å². The van der Waals surface area contributed by atoms with E-state index >= 15 is 0 Å². The Labute approximate surface area is 81.7 Å². The summed E-state index contributed by atoms with van der Waals surface area (Å²) in [5.74, 6) is 0. The fraction of sp³-hybridized carbons (Fsp3) is 0.222. The zero-order valence-corrected chi connectivity index (χ0v) is 7.99. The normalized spacial score (nSPS) is 19.4. The Hall–Kier alpha value is -1.22. The Morgan fingerprint density at radius 3 is 2.69 bits per heavy atom. The monoisotopic (exact) mass is 195 g/mol. The minimum Gasteiger partial charge on any atom is -0.358 e. The second-order valence-electron chi connectivity index (χ2n) is 3.04. The summed E-state index contributed by atoms with van der Waals surface area (Å²) in [7, 11) is 1.95. The maximum Gasteiger partial charge on any atom is 0.125 e. The Kier molecular flexibility index (Phi) is 1.88. The van der Waals surface area contributed by atoms with Gasteiger partial charge in [0, 0.05) is 25.6 Å². The van der Waals surface area contributed by atoms with Crippen LogP contribution in [0.25, 0.3) is 0 Å². The van der Waals surface area contributed by atoms with Crippen molar-refractivity contribution in [1.82, 2.24) is 15.1 Å². The van der Waals surface area contributed by atoms with Gasteiger partial charge in [0.05, 0.1) is 5.69 Å². The highest BCUT2D eigenvalue weighted by Gasteiger charge is 2.26. The summed E-state index contributed by atoms with van der Waals surface area (Å²) in [4.78, 5) is 1.38.